The van der Waals surface area contributed by atoms with E-state index in [1.54, 1.807) is 24.7 Å². The molecule has 0 fully saturated rings. The number of fused-ring (bicyclic) bond motifs is 2. The average molecular weight is 392 g/mol. The highest BCUT2D eigenvalue weighted by molar-refractivity contribution is 5.86. The largest absolute Gasteiger partial charge is 0.508 e. The number of nitrogens with one attached hydrogen (secondary N) is 2. The van der Waals surface area contributed by atoms with Gasteiger partial charge in [-0.15, -0.1) is 0 Å². The Bertz CT molecular complexity index is 1490. The fourth-order valence-electron chi connectivity index (χ4n) is 3.62. The molecule has 0 aliphatic rings. The number of aromatic hydroxyl groups is 1. The van der Waals surface area contributed by atoms with Crippen LogP contribution >= 0.6 is 0 Å². The molecule has 3 aromatic heterocycles. The molecule has 0 saturated heterocycles. The van der Waals surface area contributed by atoms with Crippen molar-refractivity contribution >= 4 is 22.1 Å². The first-order valence-electron chi connectivity index (χ1n) is 9.51. The minimum Gasteiger partial charge on any atom is -0.508 e. The van der Waals surface area contributed by atoms with Crippen molar-refractivity contribution in [3.8, 4) is 34.2 Å². The third kappa shape index (κ3) is 2.72. The second kappa shape index (κ2) is 6.31. The molecule has 0 amide bonds. The zero-order valence-corrected chi connectivity index (χ0v) is 15.7. The molecule has 6 aromatic rings. The van der Waals surface area contributed by atoms with Gasteiger partial charge in [-0.25, -0.2) is 15.0 Å². The third-order valence-corrected chi connectivity index (χ3v) is 5.16. The molecule has 3 heterocycles. The minimum absolute atomic E-state index is 0.234. The minimum atomic E-state index is 0.234. The van der Waals surface area contributed by atoms with E-state index in [2.05, 4.69) is 26.0 Å². The van der Waals surface area contributed by atoms with Crippen LogP contribution in [0.3, 0.4) is 0 Å². The summed E-state index contributed by atoms with van der Waals surface area (Å²) in [4.78, 5) is 20.3. The van der Waals surface area contributed by atoms with Crippen LogP contribution in [0.25, 0.3) is 50.5 Å². The van der Waals surface area contributed by atoms with E-state index >= 15 is 0 Å². The second-order valence-electron chi connectivity index (χ2n) is 7.12. The number of nitrogens with zero attached hydrogens (tertiary/aromatic N) is 4. The van der Waals surface area contributed by atoms with Crippen molar-refractivity contribution in [3.05, 3.63) is 79.4 Å². The number of imidazole rings is 3. The molecule has 7 nitrogen and oxygen atoms in total. The van der Waals surface area contributed by atoms with Gasteiger partial charge in [-0.1, -0.05) is 0 Å². The van der Waals surface area contributed by atoms with Crippen LogP contribution in [0.4, 0.5) is 0 Å². The molecule has 0 bridgehead atoms. The Morgan fingerprint density at radius 1 is 0.733 bits per heavy atom. The van der Waals surface area contributed by atoms with Crippen molar-refractivity contribution in [2.45, 2.75) is 0 Å². The maximum Gasteiger partial charge on any atom is 0.138 e. The topological polar surface area (TPSA) is 95.4 Å². The maximum absolute atomic E-state index is 9.49. The number of phenols is 1. The van der Waals surface area contributed by atoms with Crippen molar-refractivity contribution in [2.24, 2.45) is 0 Å². The summed E-state index contributed by atoms with van der Waals surface area (Å²) < 4.78 is 1.96. The molecule has 0 saturated carbocycles. The molecular formula is C23H16N6O. The standard InChI is InChI=1S/C23H16N6O/c30-17-5-1-14(2-6-17)22-25-18-7-3-15(11-20(18)27-22)23-26-19-8-4-16(12-21(19)28-23)29-10-9-24-13-29/h1-13,30H,(H,25,27)(H,26,28). The molecule has 0 spiro atoms. The Kier molecular flexibility index (Phi) is 3.48. The van der Waals surface area contributed by atoms with Crippen molar-refractivity contribution < 1.29 is 5.11 Å². The van der Waals surface area contributed by atoms with Crippen LogP contribution in [0.5, 0.6) is 5.75 Å². The van der Waals surface area contributed by atoms with Gasteiger partial charge in [0, 0.05) is 29.2 Å². The van der Waals surface area contributed by atoms with Gasteiger partial charge in [0.1, 0.15) is 17.4 Å². The van der Waals surface area contributed by atoms with Crippen LogP contribution in [0.15, 0.2) is 79.4 Å². The number of hydrogen-bond donors (Lipinski definition) is 3. The van der Waals surface area contributed by atoms with Crippen LogP contribution in [0.1, 0.15) is 0 Å². The van der Waals surface area contributed by atoms with E-state index in [-0.39, 0.29) is 5.75 Å². The lowest BCUT2D eigenvalue weighted by Crippen LogP contribution is -1.88. The van der Waals surface area contributed by atoms with E-state index in [0.29, 0.717) is 0 Å². The molecule has 0 aliphatic carbocycles. The maximum atomic E-state index is 9.49. The first-order valence-corrected chi connectivity index (χ1v) is 9.51. The van der Waals surface area contributed by atoms with Gasteiger partial charge in [-0.2, -0.15) is 0 Å². The van der Waals surface area contributed by atoms with Gasteiger partial charge < -0.3 is 19.6 Å². The summed E-state index contributed by atoms with van der Waals surface area (Å²) in [5.74, 6) is 1.80. The van der Waals surface area contributed by atoms with Crippen LogP contribution in [-0.2, 0) is 0 Å². The van der Waals surface area contributed by atoms with E-state index < -0.39 is 0 Å². The van der Waals surface area contributed by atoms with Gasteiger partial charge >= 0.3 is 0 Å². The van der Waals surface area contributed by atoms with Gasteiger partial charge in [-0.3, -0.25) is 0 Å². The quantitative estimate of drug-likeness (QED) is 0.408. The van der Waals surface area contributed by atoms with Gasteiger partial charge in [0.25, 0.3) is 0 Å². The molecule has 0 radical (unpaired) electrons. The van der Waals surface area contributed by atoms with Gasteiger partial charge in [0.15, 0.2) is 0 Å². The van der Waals surface area contributed by atoms with Crippen LogP contribution < -0.4 is 0 Å². The number of aromatic nitrogens is 6. The number of benzene rings is 3. The van der Waals surface area contributed by atoms with Crippen molar-refractivity contribution in [2.75, 3.05) is 0 Å². The van der Waals surface area contributed by atoms with E-state index in [1.807, 2.05) is 53.2 Å². The summed E-state index contributed by atoms with van der Waals surface area (Å²) >= 11 is 0. The SMILES string of the molecule is Oc1ccc(-c2nc3ccc(-c4nc5ccc(-n6ccnc6)cc5[nH]4)cc3[nH]2)cc1. The van der Waals surface area contributed by atoms with E-state index in [9.17, 15) is 5.11 Å². The number of phenolic OH excluding ortho intramolecular Hbond substituents is 1. The Balaban J connectivity index is 1.40. The highest BCUT2D eigenvalue weighted by atomic mass is 16.3. The fourth-order valence-corrected chi connectivity index (χ4v) is 3.62. The molecular weight excluding hydrogens is 376 g/mol. The van der Waals surface area contributed by atoms with Gasteiger partial charge in [0.2, 0.25) is 0 Å². The Labute approximate surface area is 170 Å². The smallest absolute Gasteiger partial charge is 0.138 e. The van der Waals surface area contributed by atoms with Gasteiger partial charge in [-0.05, 0) is 60.7 Å². The lowest BCUT2D eigenvalue weighted by Gasteiger charge is -2.00. The molecule has 6 rings (SSSR count). The van der Waals surface area contributed by atoms with Crippen molar-refractivity contribution in [1.29, 1.82) is 0 Å². The molecule has 0 atom stereocenters. The second-order valence-corrected chi connectivity index (χ2v) is 7.12. The lowest BCUT2D eigenvalue weighted by atomic mass is 10.2. The number of rotatable bonds is 3. The molecule has 0 unspecified atom stereocenters. The monoisotopic (exact) mass is 392 g/mol. The summed E-state index contributed by atoms with van der Waals surface area (Å²) in [6, 6.07) is 19.1. The number of H-pyrrole nitrogens is 2. The summed E-state index contributed by atoms with van der Waals surface area (Å²) in [5, 5.41) is 9.49. The predicted octanol–water partition coefficient (Wildman–Crippen LogP) is 4.66. The number of hydrogen-bond acceptors (Lipinski definition) is 4. The van der Waals surface area contributed by atoms with Gasteiger partial charge in [0.05, 0.1) is 28.4 Å². The Morgan fingerprint density at radius 3 is 2.13 bits per heavy atom. The highest BCUT2D eigenvalue weighted by Crippen LogP contribution is 2.27. The number of aromatic amines is 2. The Hall–Kier alpha value is -4.39. The predicted molar refractivity (Wildman–Crippen MR) is 115 cm³/mol. The van der Waals surface area contributed by atoms with E-state index in [1.165, 1.54) is 0 Å². The molecule has 0 aliphatic heterocycles. The molecule has 144 valence electrons. The zero-order chi connectivity index (χ0) is 20.1. The molecule has 3 N–H and O–H groups in total. The van der Waals surface area contributed by atoms with E-state index in [4.69, 9.17) is 4.98 Å². The summed E-state index contributed by atoms with van der Waals surface area (Å²) in [6.45, 7) is 0. The normalized spacial score (nSPS) is 11.5. The van der Waals surface area contributed by atoms with E-state index in [0.717, 1.165) is 50.5 Å². The molecule has 3 aromatic carbocycles. The average Bonchev–Trinajstić information content (AvgIpc) is 3.51. The highest BCUT2D eigenvalue weighted by Gasteiger charge is 2.10. The van der Waals surface area contributed by atoms with Crippen LogP contribution in [0.2, 0.25) is 0 Å². The fraction of sp³-hybridized carbons (Fsp3) is 0. The summed E-state index contributed by atoms with van der Waals surface area (Å²) in [6.07, 6.45) is 5.45. The molecule has 7 heteroatoms. The van der Waals surface area contributed by atoms with Crippen molar-refractivity contribution in [3.63, 3.8) is 0 Å². The van der Waals surface area contributed by atoms with Crippen molar-refractivity contribution in [1.82, 2.24) is 29.5 Å². The van der Waals surface area contributed by atoms with Crippen LogP contribution in [-0.4, -0.2) is 34.6 Å². The first kappa shape index (κ1) is 16.6. The third-order valence-electron chi connectivity index (χ3n) is 5.16. The van der Waals surface area contributed by atoms with Crippen LogP contribution in [0, 0.1) is 0 Å². The zero-order valence-electron chi connectivity index (χ0n) is 15.7. The summed E-state index contributed by atoms with van der Waals surface area (Å²) in [5.41, 5.74) is 6.59. The first-order chi connectivity index (χ1) is 14.7. The molecule has 30 heavy (non-hydrogen) atoms. The lowest BCUT2D eigenvalue weighted by molar-refractivity contribution is 0.475. The Morgan fingerprint density at radius 2 is 1.40 bits per heavy atom. The summed E-state index contributed by atoms with van der Waals surface area (Å²) in [7, 11) is 0.